The average Bonchev–Trinajstić information content (AvgIpc) is 2.48. The normalized spacial score (nSPS) is 12.2. The number of benzene rings is 1. The van der Waals surface area contributed by atoms with Crippen LogP contribution < -0.4 is 10.1 Å². The third kappa shape index (κ3) is 3.14. The van der Waals surface area contributed by atoms with Crippen LogP contribution in [0.3, 0.4) is 0 Å². The fraction of sp³-hybridized carbons (Fsp3) is 0.375. The molecule has 4 nitrogen and oxygen atoms in total. The first-order valence-electron chi connectivity index (χ1n) is 6.83. The highest BCUT2D eigenvalue weighted by atomic mass is 16.5. The highest BCUT2D eigenvalue weighted by molar-refractivity contribution is 5.37. The molecule has 0 aliphatic carbocycles. The monoisotopic (exact) mass is 271 g/mol. The first kappa shape index (κ1) is 14.5. The molecule has 0 saturated heterocycles. The van der Waals surface area contributed by atoms with Gasteiger partial charge in [0, 0.05) is 0 Å². The Kier molecular flexibility index (Phi) is 4.69. The number of hydrogen-bond donors (Lipinski definition) is 1. The molecule has 0 aliphatic rings. The predicted molar refractivity (Wildman–Crippen MR) is 80.0 cm³/mol. The van der Waals surface area contributed by atoms with E-state index in [-0.39, 0.29) is 6.04 Å². The van der Waals surface area contributed by atoms with E-state index >= 15 is 0 Å². The molecule has 106 valence electrons. The molecule has 0 amide bonds. The summed E-state index contributed by atoms with van der Waals surface area (Å²) in [5, 5.41) is 11.8. The van der Waals surface area contributed by atoms with Crippen LogP contribution in [0.15, 0.2) is 30.3 Å². The van der Waals surface area contributed by atoms with Gasteiger partial charge in [0.1, 0.15) is 5.75 Å². The van der Waals surface area contributed by atoms with Crippen LogP contribution in [-0.4, -0.2) is 23.9 Å². The second kappa shape index (κ2) is 6.48. The van der Waals surface area contributed by atoms with Gasteiger partial charge in [-0.2, -0.15) is 10.2 Å². The van der Waals surface area contributed by atoms with Gasteiger partial charge in [0.05, 0.1) is 24.5 Å². The number of ether oxygens (including phenoxy) is 1. The number of aromatic nitrogens is 2. The highest BCUT2D eigenvalue weighted by Crippen LogP contribution is 2.25. The van der Waals surface area contributed by atoms with Gasteiger partial charge in [-0.05, 0) is 49.7 Å². The molecular formula is C16H21N3O. The minimum atomic E-state index is 0.125. The van der Waals surface area contributed by atoms with Crippen LogP contribution in [0, 0.1) is 13.8 Å². The third-order valence-electron chi connectivity index (χ3n) is 3.31. The lowest BCUT2D eigenvalue weighted by molar-refractivity contribution is 0.414. The van der Waals surface area contributed by atoms with E-state index in [4.69, 9.17) is 4.74 Å². The first-order chi connectivity index (χ1) is 9.65. The molecule has 1 heterocycles. The van der Waals surface area contributed by atoms with Crippen molar-refractivity contribution in [2.24, 2.45) is 0 Å². The van der Waals surface area contributed by atoms with Crippen LogP contribution >= 0.6 is 0 Å². The van der Waals surface area contributed by atoms with Gasteiger partial charge in [-0.15, -0.1) is 0 Å². The Bertz CT molecular complexity index is 566. The summed E-state index contributed by atoms with van der Waals surface area (Å²) in [4.78, 5) is 0. The molecule has 2 rings (SSSR count). The summed E-state index contributed by atoms with van der Waals surface area (Å²) in [6.45, 7) is 6.95. The Morgan fingerprint density at radius 3 is 2.45 bits per heavy atom. The highest BCUT2D eigenvalue weighted by Gasteiger charge is 2.16. The zero-order valence-electron chi connectivity index (χ0n) is 12.5. The molecule has 1 unspecified atom stereocenters. The van der Waals surface area contributed by atoms with Gasteiger partial charge in [0.15, 0.2) is 0 Å². The fourth-order valence-corrected chi connectivity index (χ4v) is 2.27. The molecule has 0 fully saturated rings. The fourth-order valence-electron chi connectivity index (χ4n) is 2.27. The Hall–Kier alpha value is -1.94. The van der Waals surface area contributed by atoms with E-state index in [9.17, 15) is 0 Å². The second-order valence-electron chi connectivity index (χ2n) is 4.79. The molecule has 20 heavy (non-hydrogen) atoms. The minimum Gasteiger partial charge on any atom is -0.497 e. The summed E-state index contributed by atoms with van der Waals surface area (Å²) in [6, 6.07) is 10.4. The quantitative estimate of drug-likeness (QED) is 0.908. The van der Waals surface area contributed by atoms with Gasteiger partial charge in [-0.1, -0.05) is 19.1 Å². The first-order valence-corrected chi connectivity index (χ1v) is 6.83. The molecule has 1 atom stereocenters. The van der Waals surface area contributed by atoms with Crippen molar-refractivity contribution in [1.29, 1.82) is 0 Å². The Labute approximate surface area is 120 Å². The summed E-state index contributed by atoms with van der Waals surface area (Å²) in [7, 11) is 1.68. The van der Waals surface area contributed by atoms with E-state index in [0.717, 1.165) is 23.7 Å². The van der Waals surface area contributed by atoms with Crippen LogP contribution in [0.5, 0.6) is 5.75 Å². The van der Waals surface area contributed by atoms with Crippen molar-refractivity contribution in [1.82, 2.24) is 15.5 Å². The standard InChI is InChI=1S/C16H21N3O/c1-5-17-16(13-6-8-14(20-4)9-7-13)15-10-11(2)18-19-12(15)3/h6-10,16-17H,5H2,1-4H3. The van der Waals surface area contributed by atoms with Gasteiger partial charge < -0.3 is 10.1 Å². The summed E-state index contributed by atoms with van der Waals surface area (Å²) in [5.74, 6) is 0.866. The van der Waals surface area contributed by atoms with E-state index in [0.29, 0.717) is 0 Å². The molecule has 4 heteroatoms. The van der Waals surface area contributed by atoms with E-state index in [1.54, 1.807) is 7.11 Å². The molecule has 0 spiro atoms. The molecular weight excluding hydrogens is 250 g/mol. The lowest BCUT2D eigenvalue weighted by Crippen LogP contribution is -2.23. The van der Waals surface area contributed by atoms with Crippen LogP contribution in [0.25, 0.3) is 0 Å². The van der Waals surface area contributed by atoms with E-state index in [1.165, 1.54) is 11.1 Å². The van der Waals surface area contributed by atoms with Crippen molar-refractivity contribution in [2.75, 3.05) is 13.7 Å². The zero-order chi connectivity index (χ0) is 14.5. The summed E-state index contributed by atoms with van der Waals surface area (Å²) < 4.78 is 5.21. The Morgan fingerprint density at radius 2 is 1.85 bits per heavy atom. The molecule has 0 bridgehead atoms. The maximum atomic E-state index is 5.21. The van der Waals surface area contributed by atoms with E-state index in [2.05, 4.69) is 40.6 Å². The SMILES string of the molecule is CCNC(c1ccc(OC)cc1)c1cc(C)nnc1C. The van der Waals surface area contributed by atoms with Crippen molar-refractivity contribution >= 4 is 0 Å². The molecule has 2 aromatic rings. The largest absolute Gasteiger partial charge is 0.497 e. The van der Waals surface area contributed by atoms with Gasteiger partial charge in [0.2, 0.25) is 0 Å². The Morgan fingerprint density at radius 1 is 1.15 bits per heavy atom. The summed E-state index contributed by atoms with van der Waals surface area (Å²) >= 11 is 0. The van der Waals surface area contributed by atoms with Crippen LogP contribution in [0.4, 0.5) is 0 Å². The van der Waals surface area contributed by atoms with Gasteiger partial charge >= 0.3 is 0 Å². The van der Waals surface area contributed by atoms with Crippen molar-refractivity contribution in [3.8, 4) is 5.75 Å². The molecule has 1 aromatic carbocycles. The van der Waals surface area contributed by atoms with Crippen LogP contribution in [-0.2, 0) is 0 Å². The molecule has 1 aromatic heterocycles. The smallest absolute Gasteiger partial charge is 0.118 e. The summed E-state index contributed by atoms with van der Waals surface area (Å²) in [5.41, 5.74) is 4.26. The lowest BCUT2D eigenvalue weighted by atomic mass is 9.97. The number of rotatable bonds is 5. The zero-order valence-corrected chi connectivity index (χ0v) is 12.5. The Balaban J connectivity index is 2.41. The van der Waals surface area contributed by atoms with Gasteiger partial charge in [-0.3, -0.25) is 0 Å². The maximum absolute atomic E-state index is 5.21. The second-order valence-corrected chi connectivity index (χ2v) is 4.79. The van der Waals surface area contributed by atoms with Crippen LogP contribution in [0.1, 0.15) is 35.5 Å². The topological polar surface area (TPSA) is 47.0 Å². The number of methoxy groups -OCH3 is 1. The number of nitrogens with zero attached hydrogens (tertiary/aromatic N) is 2. The number of aryl methyl sites for hydroxylation is 2. The van der Waals surface area contributed by atoms with Crippen molar-refractivity contribution in [3.05, 3.63) is 52.8 Å². The third-order valence-corrected chi connectivity index (χ3v) is 3.31. The van der Waals surface area contributed by atoms with Gasteiger partial charge in [0.25, 0.3) is 0 Å². The molecule has 0 aliphatic heterocycles. The summed E-state index contributed by atoms with van der Waals surface area (Å²) in [6.07, 6.45) is 0. The van der Waals surface area contributed by atoms with Gasteiger partial charge in [-0.25, -0.2) is 0 Å². The molecule has 0 saturated carbocycles. The minimum absolute atomic E-state index is 0.125. The predicted octanol–water partition coefficient (Wildman–Crippen LogP) is 2.80. The van der Waals surface area contributed by atoms with Crippen molar-refractivity contribution in [3.63, 3.8) is 0 Å². The lowest BCUT2D eigenvalue weighted by Gasteiger charge is -2.20. The maximum Gasteiger partial charge on any atom is 0.118 e. The number of hydrogen-bond acceptors (Lipinski definition) is 4. The van der Waals surface area contributed by atoms with E-state index in [1.807, 2.05) is 26.0 Å². The van der Waals surface area contributed by atoms with E-state index < -0.39 is 0 Å². The average molecular weight is 271 g/mol. The number of nitrogens with one attached hydrogen (secondary N) is 1. The molecule has 1 N–H and O–H groups in total. The van der Waals surface area contributed by atoms with Crippen molar-refractivity contribution < 1.29 is 4.74 Å². The van der Waals surface area contributed by atoms with Crippen molar-refractivity contribution in [2.45, 2.75) is 26.8 Å². The van der Waals surface area contributed by atoms with Crippen LogP contribution in [0.2, 0.25) is 0 Å². The molecule has 0 radical (unpaired) electrons.